The molecule has 0 saturated carbocycles. The standard InChI is InChI=1S/C15H15N3O5S/c1-9-7-13(17-23-9)16-14(19)8-11-15(20)10-5-3-4-6-12(10)24(21,22)18(11)2/h3-7,20H,8H2,1-2H3,(H,16,17,19). The largest absolute Gasteiger partial charge is 0.505 e. The molecule has 2 N–H and O–H groups in total. The lowest BCUT2D eigenvalue weighted by Crippen LogP contribution is -2.33. The van der Waals surface area contributed by atoms with E-state index in [1.54, 1.807) is 19.1 Å². The zero-order valence-electron chi connectivity index (χ0n) is 13.0. The van der Waals surface area contributed by atoms with Crippen LogP contribution < -0.4 is 5.32 Å². The summed E-state index contributed by atoms with van der Waals surface area (Å²) in [7, 11) is -2.52. The van der Waals surface area contributed by atoms with Crippen LogP contribution in [0.5, 0.6) is 0 Å². The van der Waals surface area contributed by atoms with Crippen LogP contribution >= 0.6 is 0 Å². The van der Waals surface area contributed by atoms with Gasteiger partial charge < -0.3 is 14.9 Å². The summed E-state index contributed by atoms with van der Waals surface area (Å²) >= 11 is 0. The fourth-order valence-electron chi connectivity index (χ4n) is 2.44. The number of anilines is 1. The highest BCUT2D eigenvalue weighted by molar-refractivity contribution is 7.89. The molecule has 0 atom stereocenters. The minimum absolute atomic E-state index is 0.00119. The van der Waals surface area contributed by atoms with Crippen LogP contribution in [0, 0.1) is 6.92 Å². The predicted molar refractivity (Wildman–Crippen MR) is 85.4 cm³/mol. The monoisotopic (exact) mass is 349 g/mol. The van der Waals surface area contributed by atoms with Crippen molar-refractivity contribution in [2.45, 2.75) is 18.2 Å². The maximum Gasteiger partial charge on any atom is 0.264 e. The lowest BCUT2D eigenvalue weighted by Gasteiger charge is -2.29. The van der Waals surface area contributed by atoms with Gasteiger partial charge in [0, 0.05) is 18.7 Å². The molecule has 0 spiro atoms. The zero-order valence-corrected chi connectivity index (χ0v) is 13.8. The van der Waals surface area contributed by atoms with Crippen molar-refractivity contribution in [2.24, 2.45) is 0 Å². The van der Waals surface area contributed by atoms with Crippen LogP contribution in [-0.4, -0.2) is 35.9 Å². The van der Waals surface area contributed by atoms with E-state index in [2.05, 4.69) is 10.5 Å². The molecule has 9 heteroatoms. The third-order valence-corrected chi connectivity index (χ3v) is 5.51. The minimum atomic E-state index is -3.82. The maximum absolute atomic E-state index is 12.5. The Bertz CT molecular complexity index is 946. The molecule has 1 aromatic carbocycles. The molecule has 1 amide bonds. The normalized spacial score (nSPS) is 16.0. The molecule has 0 radical (unpaired) electrons. The molecule has 0 unspecified atom stereocenters. The number of hydrogen-bond acceptors (Lipinski definition) is 6. The number of amides is 1. The summed E-state index contributed by atoms with van der Waals surface area (Å²) in [6.07, 6.45) is -0.332. The van der Waals surface area contributed by atoms with E-state index in [0.717, 1.165) is 4.31 Å². The fourth-order valence-corrected chi connectivity index (χ4v) is 3.87. The van der Waals surface area contributed by atoms with Gasteiger partial charge in [-0.1, -0.05) is 17.3 Å². The Morgan fingerprint density at radius 2 is 2.08 bits per heavy atom. The Hall–Kier alpha value is -2.81. The van der Waals surface area contributed by atoms with Crippen molar-refractivity contribution in [1.82, 2.24) is 9.46 Å². The van der Waals surface area contributed by atoms with Crippen LogP contribution in [0.15, 0.2) is 45.4 Å². The van der Waals surface area contributed by atoms with Gasteiger partial charge in [-0.2, -0.15) is 0 Å². The van der Waals surface area contributed by atoms with Gasteiger partial charge in [0.25, 0.3) is 10.0 Å². The van der Waals surface area contributed by atoms with Crippen molar-refractivity contribution in [3.8, 4) is 0 Å². The molecular weight excluding hydrogens is 334 g/mol. The second-order valence-corrected chi connectivity index (χ2v) is 7.25. The van der Waals surface area contributed by atoms with Gasteiger partial charge in [0.1, 0.15) is 11.5 Å². The first kappa shape index (κ1) is 16.1. The number of aliphatic hydroxyl groups excluding tert-OH is 1. The van der Waals surface area contributed by atoms with Crippen molar-refractivity contribution >= 4 is 27.5 Å². The molecule has 0 saturated heterocycles. The molecule has 1 aromatic heterocycles. The van der Waals surface area contributed by atoms with E-state index < -0.39 is 15.9 Å². The van der Waals surface area contributed by atoms with Crippen LogP contribution in [-0.2, 0) is 14.8 Å². The number of benzene rings is 1. The van der Waals surface area contributed by atoms with Crippen molar-refractivity contribution in [3.63, 3.8) is 0 Å². The quantitative estimate of drug-likeness (QED) is 0.875. The highest BCUT2D eigenvalue weighted by Gasteiger charge is 2.35. The molecule has 3 rings (SSSR count). The number of carbonyl (C=O) groups is 1. The number of aromatic nitrogens is 1. The van der Waals surface area contributed by atoms with Gasteiger partial charge in [-0.25, -0.2) is 8.42 Å². The smallest absolute Gasteiger partial charge is 0.264 e. The van der Waals surface area contributed by atoms with E-state index in [9.17, 15) is 18.3 Å². The Kier molecular flexibility index (Phi) is 3.80. The van der Waals surface area contributed by atoms with Gasteiger partial charge in [-0.05, 0) is 19.1 Å². The molecule has 2 aromatic rings. The molecule has 1 aliphatic rings. The van der Waals surface area contributed by atoms with E-state index in [0.29, 0.717) is 5.76 Å². The van der Waals surface area contributed by atoms with Crippen molar-refractivity contribution in [1.29, 1.82) is 0 Å². The summed E-state index contributed by atoms with van der Waals surface area (Å²) in [4.78, 5) is 12.1. The maximum atomic E-state index is 12.5. The van der Waals surface area contributed by atoms with E-state index in [1.165, 1.54) is 25.2 Å². The molecule has 0 aliphatic carbocycles. The van der Waals surface area contributed by atoms with Crippen LogP contribution in [0.2, 0.25) is 0 Å². The molecule has 0 bridgehead atoms. The van der Waals surface area contributed by atoms with E-state index >= 15 is 0 Å². The molecule has 24 heavy (non-hydrogen) atoms. The molecule has 2 heterocycles. The predicted octanol–water partition coefficient (Wildman–Crippen LogP) is 1.87. The second kappa shape index (κ2) is 5.68. The molecule has 1 aliphatic heterocycles. The van der Waals surface area contributed by atoms with E-state index in [-0.39, 0.29) is 34.2 Å². The van der Waals surface area contributed by atoms with Gasteiger partial charge in [0.2, 0.25) is 5.91 Å². The third-order valence-electron chi connectivity index (χ3n) is 3.66. The first-order valence-electron chi connectivity index (χ1n) is 7.04. The summed E-state index contributed by atoms with van der Waals surface area (Å²) in [5.41, 5.74) is 0.169. The topological polar surface area (TPSA) is 113 Å². The molecular formula is C15H15N3O5S. The summed E-state index contributed by atoms with van der Waals surface area (Å²) in [5, 5.41) is 16.5. The summed E-state index contributed by atoms with van der Waals surface area (Å²) in [6, 6.07) is 7.62. The van der Waals surface area contributed by atoms with Gasteiger partial charge >= 0.3 is 0 Å². The molecule has 0 fully saturated rings. The number of carbonyl (C=O) groups excluding carboxylic acids is 1. The number of fused-ring (bicyclic) bond motifs is 1. The number of sulfonamides is 1. The first-order valence-corrected chi connectivity index (χ1v) is 8.48. The van der Waals surface area contributed by atoms with Crippen LogP contribution in [0.25, 0.3) is 5.76 Å². The van der Waals surface area contributed by atoms with E-state index in [4.69, 9.17) is 4.52 Å². The van der Waals surface area contributed by atoms with Crippen molar-refractivity contribution in [2.75, 3.05) is 12.4 Å². The zero-order chi connectivity index (χ0) is 17.5. The lowest BCUT2D eigenvalue weighted by atomic mass is 10.1. The second-order valence-electron chi connectivity index (χ2n) is 5.31. The van der Waals surface area contributed by atoms with Crippen LogP contribution in [0.1, 0.15) is 17.7 Å². The van der Waals surface area contributed by atoms with Crippen molar-refractivity contribution < 1.29 is 22.8 Å². The van der Waals surface area contributed by atoms with Crippen molar-refractivity contribution in [3.05, 3.63) is 47.4 Å². The first-order chi connectivity index (χ1) is 11.3. The summed E-state index contributed by atoms with van der Waals surface area (Å²) < 4.78 is 30.8. The van der Waals surface area contributed by atoms with Gasteiger partial charge in [-0.15, -0.1) is 0 Å². The third kappa shape index (κ3) is 2.62. The van der Waals surface area contributed by atoms with Gasteiger partial charge in [0.15, 0.2) is 5.82 Å². The van der Waals surface area contributed by atoms with E-state index in [1.807, 2.05) is 0 Å². The highest BCUT2D eigenvalue weighted by Crippen LogP contribution is 2.35. The average molecular weight is 349 g/mol. The Balaban J connectivity index is 1.93. The van der Waals surface area contributed by atoms with Crippen LogP contribution in [0.3, 0.4) is 0 Å². The highest BCUT2D eigenvalue weighted by atomic mass is 32.2. The number of rotatable bonds is 3. The lowest BCUT2D eigenvalue weighted by molar-refractivity contribution is -0.115. The minimum Gasteiger partial charge on any atom is -0.505 e. The number of aryl methyl sites for hydroxylation is 1. The Labute approximate surface area is 138 Å². The fraction of sp³-hybridized carbons (Fsp3) is 0.200. The Morgan fingerprint density at radius 3 is 2.75 bits per heavy atom. The Morgan fingerprint density at radius 1 is 1.38 bits per heavy atom. The SMILES string of the molecule is Cc1cc(NC(=O)CC2=C(O)c3ccccc3S(=O)(=O)N2C)no1. The summed E-state index contributed by atoms with van der Waals surface area (Å²) in [5.74, 6) is -0.0151. The average Bonchev–Trinajstić information content (AvgIpc) is 2.95. The molecule has 8 nitrogen and oxygen atoms in total. The number of nitrogens with zero attached hydrogens (tertiary/aromatic N) is 2. The van der Waals surface area contributed by atoms with Gasteiger partial charge in [-0.3, -0.25) is 9.10 Å². The van der Waals surface area contributed by atoms with Crippen LogP contribution in [0.4, 0.5) is 5.82 Å². The molecule has 126 valence electrons. The summed E-state index contributed by atoms with van der Waals surface area (Å²) in [6.45, 7) is 1.68. The van der Waals surface area contributed by atoms with Gasteiger partial charge in [0.05, 0.1) is 17.0 Å². The number of hydrogen-bond donors (Lipinski definition) is 2. The number of nitrogens with one attached hydrogen (secondary N) is 1. The number of aliphatic hydroxyl groups is 1.